The predicted molar refractivity (Wildman–Crippen MR) is 49.7 cm³/mol. The molecule has 1 aromatic rings. The van der Waals surface area contributed by atoms with E-state index in [-0.39, 0.29) is 11.4 Å². The van der Waals surface area contributed by atoms with Crippen molar-refractivity contribution >= 4 is 11.6 Å². The first-order valence-electron chi connectivity index (χ1n) is 4.07. The molecule has 0 fully saturated rings. The van der Waals surface area contributed by atoms with Gasteiger partial charge in [-0.15, -0.1) is 11.6 Å². The van der Waals surface area contributed by atoms with E-state index < -0.39 is 29.6 Å². The molecule has 2 unspecified atom stereocenters. The van der Waals surface area contributed by atoms with Gasteiger partial charge in [0.2, 0.25) is 0 Å². The molecule has 0 aliphatic carbocycles. The maximum absolute atomic E-state index is 12.8. The smallest absolute Gasteiger partial charge is 0.162 e. The summed E-state index contributed by atoms with van der Waals surface area (Å²) < 4.78 is 25.4. The highest BCUT2D eigenvalue weighted by Gasteiger charge is 2.22. The number of hydrogen-bond donors (Lipinski definition) is 3. The van der Waals surface area contributed by atoms with Gasteiger partial charge >= 0.3 is 0 Å². The van der Waals surface area contributed by atoms with E-state index >= 15 is 0 Å². The van der Waals surface area contributed by atoms with Crippen LogP contribution in [-0.2, 0) is 0 Å². The Hall–Kier alpha value is -0.910. The average Bonchev–Trinajstić information content (AvgIpc) is 2.21. The van der Waals surface area contributed by atoms with Crippen LogP contribution in [0.2, 0.25) is 0 Å². The molecule has 0 radical (unpaired) electrons. The minimum absolute atomic E-state index is 0.292. The lowest BCUT2D eigenvalue weighted by Crippen LogP contribution is -2.20. The van der Waals surface area contributed by atoms with Crippen LogP contribution in [0.25, 0.3) is 0 Å². The highest BCUT2D eigenvalue weighted by molar-refractivity contribution is 6.18. The first-order valence-corrected chi connectivity index (χ1v) is 4.60. The third-order valence-electron chi connectivity index (χ3n) is 1.91. The van der Waals surface area contributed by atoms with E-state index in [9.17, 15) is 19.0 Å². The molecular weight excluding hydrogens is 230 g/mol. The third kappa shape index (κ3) is 2.56. The van der Waals surface area contributed by atoms with Crippen molar-refractivity contribution in [1.82, 2.24) is 0 Å². The first-order chi connectivity index (χ1) is 6.97. The van der Waals surface area contributed by atoms with E-state index in [4.69, 9.17) is 16.7 Å². The molecule has 0 heterocycles. The van der Waals surface area contributed by atoms with E-state index in [1.165, 1.54) is 0 Å². The van der Waals surface area contributed by atoms with E-state index in [2.05, 4.69) is 0 Å². The average molecular weight is 239 g/mol. The number of phenolic OH excluding ortho intramolecular Hbond substituents is 1. The van der Waals surface area contributed by atoms with Crippen molar-refractivity contribution in [2.24, 2.45) is 0 Å². The Morgan fingerprint density at radius 1 is 1.20 bits per heavy atom. The first kappa shape index (κ1) is 12.2. The van der Waals surface area contributed by atoms with Crippen LogP contribution in [0.15, 0.2) is 12.1 Å². The number of hydrogen-bond acceptors (Lipinski definition) is 3. The van der Waals surface area contributed by atoms with Gasteiger partial charge in [-0.1, -0.05) is 0 Å². The molecule has 0 aliphatic heterocycles. The van der Waals surface area contributed by atoms with Crippen molar-refractivity contribution in [3.05, 3.63) is 29.3 Å². The highest BCUT2D eigenvalue weighted by Crippen LogP contribution is 2.28. The number of aromatic hydroxyl groups is 1. The Morgan fingerprint density at radius 3 is 2.27 bits per heavy atom. The van der Waals surface area contributed by atoms with Crippen LogP contribution < -0.4 is 0 Å². The SMILES string of the molecule is Oc1cc(F)c(F)cc1C(O)C(O)CCl. The zero-order chi connectivity index (χ0) is 11.6. The molecule has 2 atom stereocenters. The fourth-order valence-corrected chi connectivity index (χ4v) is 1.25. The monoisotopic (exact) mass is 238 g/mol. The molecule has 0 bridgehead atoms. The second kappa shape index (κ2) is 4.74. The van der Waals surface area contributed by atoms with Crippen molar-refractivity contribution < 1.29 is 24.1 Å². The number of halogens is 3. The number of phenols is 1. The molecule has 0 saturated heterocycles. The van der Waals surface area contributed by atoms with E-state index in [0.717, 1.165) is 0 Å². The van der Waals surface area contributed by atoms with Crippen LogP contribution in [0.3, 0.4) is 0 Å². The van der Waals surface area contributed by atoms with Crippen LogP contribution in [-0.4, -0.2) is 27.3 Å². The van der Waals surface area contributed by atoms with Crippen LogP contribution >= 0.6 is 11.6 Å². The van der Waals surface area contributed by atoms with Gasteiger partial charge in [0.25, 0.3) is 0 Å². The number of alkyl halides is 1. The van der Waals surface area contributed by atoms with Gasteiger partial charge in [-0.05, 0) is 6.07 Å². The lowest BCUT2D eigenvalue weighted by molar-refractivity contribution is 0.0309. The maximum Gasteiger partial charge on any atom is 0.162 e. The molecule has 15 heavy (non-hydrogen) atoms. The molecule has 0 amide bonds. The second-order valence-corrected chi connectivity index (χ2v) is 3.30. The van der Waals surface area contributed by atoms with Crippen molar-refractivity contribution in [3.63, 3.8) is 0 Å². The minimum Gasteiger partial charge on any atom is -0.507 e. The summed E-state index contributed by atoms with van der Waals surface area (Å²) in [6.07, 6.45) is -2.92. The molecule has 3 nitrogen and oxygen atoms in total. The Morgan fingerprint density at radius 2 is 1.73 bits per heavy atom. The number of benzene rings is 1. The van der Waals surface area contributed by atoms with Crippen LogP contribution in [0.4, 0.5) is 8.78 Å². The molecule has 6 heteroatoms. The fourth-order valence-electron chi connectivity index (χ4n) is 1.08. The molecule has 3 N–H and O–H groups in total. The second-order valence-electron chi connectivity index (χ2n) is 2.99. The van der Waals surface area contributed by atoms with Gasteiger partial charge in [0.1, 0.15) is 11.9 Å². The summed E-state index contributed by atoms with van der Waals surface area (Å²) in [7, 11) is 0. The van der Waals surface area contributed by atoms with Gasteiger partial charge in [0, 0.05) is 11.6 Å². The molecule has 0 aliphatic rings. The predicted octanol–water partition coefficient (Wildman–Crippen LogP) is 1.30. The maximum atomic E-state index is 12.8. The number of rotatable bonds is 3. The number of aliphatic hydroxyl groups excluding tert-OH is 2. The standard InChI is InChI=1S/C9H9ClF2O3/c10-3-8(14)9(15)4-1-5(11)6(12)2-7(4)13/h1-2,8-9,13-15H,3H2. The lowest BCUT2D eigenvalue weighted by Gasteiger charge is -2.16. The zero-order valence-corrected chi connectivity index (χ0v) is 8.25. The molecule has 0 aromatic heterocycles. The molecule has 84 valence electrons. The van der Waals surface area contributed by atoms with E-state index in [1.807, 2.05) is 0 Å². The summed E-state index contributed by atoms with van der Waals surface area (Å²) >= 11 is 5.26. The summed E-state index contributed by atoms with van der Waals surface area (Å²) in [5, 5.41) is 27.8. The van der Waals surface area contributed by atoms with E-state index in [1.54, 1.807) is 0 Å². The van der Waals surface area contributed by atoms with Gasteiger partial charge in [0.15, 0.2) is 11.6 Å². The molecule has 1 rings (SSSR count). The summed E-state index contributed by atoms with van der Waals surface area (Å²) in [4.78, 5) is 0. The fraction of sp³-hybridized carbons (Fsp3) is 0.333. The van der Waals surface area contributed by atoms with Crippen molar-refractivity contribution in [1.29, 1.82) is 0 Å². The quantitative estimate of drug-likeness (QED) is 0.696. The molecule has 0 saturated carbocycles. The third-order valence-corrected chi connectivity index (χ3v) is 2.23. The van der Waals surface area contributed by atoms with Gasteiger partial charge < -0.3 is 15.3 Å². The summed E-state index contributed by atoms with van der Waals surface area (Å²) in [6.45, 7) is 0. The Labute approximate surface area is 89.5 Å². The van der Waals surface area contributed by atoms with Crippen molar-refractivity contribution in [2.75, 3.05) is 5.88 Å². The highest BCUT2D eigenvalue weighted by atomic mass is 35.5. The van der Waals surface area contributed by atoms with Gasteiger partial charge in [0.05, 0.1) is 12.0 Å². The van der Waals surface area contributed by atoms with Crippen LogP contribution in [0, 0.1) is 11.6 Å². The van der Waals surface area contributed by atoms with Crippen LogP contribution in [0.1, 0.15) is 11.7 Å². The Balaban J connectivity index is 3.09. The summed E-state index contributed by atoms with van der Waals surface area (Å²) in [5.41, 5.74) is -0.304. The summed E-state index contributed by atoms with van der Waals surface area (Å²) in [5.74, 6) is -3.38. The largest absolute Gasteiger partial charge is 0.507 e. The lowest BCUT2D eigenvalue weighted by atomic mass is 10.0. The minimum atomic E-state index is -1.56. The van der Waals surface area contributed by atoms with Gasteiger partial charge in [-0.2, -0.15) is 0 Å². The molecule has 0 spiro atoms. The Kier molecular flexibility index (Phi) is 3.84. The van der Waals surface area contributed by atoms with Gasteiger partial charge in [-0.25, -0.2) is 8.78 Å². The van der Waals surface area contributed by atoms with Crippen molar-refractivity contribution in [3.8, 4) is 5.75 Å². The molecular formula is C9H9ClF2O3. The number of aliphatic hydroxyl groups is 2. The van der Waals surface area contributed by atoms with Crippen LogP contribution in [0.5, 0.6) is 5.75 Å². The zero-order valence-electron chi connectivity index (χ0n) is 7.49. The Bertz CT molecular complexity index is 359. The summed E-state index contributed by atoms with van der Waals surface area (Å²) in [6, 6.07) is 1.14. The normalized spacial score (nSPS) is 15.0. The molecule has 1 aromatic carbocycles. The van der Waals surface area contributed by atoms with E-state index in [0.29, 0.717) is 12.1 Å². The van der Waals surface area contributed by atoms with Gasteiger partial charge in [-0.3, -0.25) is 0 Å². The van der Waals surface area contributed by atoms with Crippen molar-refractivity contribution in [2.45, 2.75) is 12.2 Å². The topological polar surface area (TPSA) is 60.7 Å².